The molecule has 0 radical (unpaired) electrons. The quantitative estimate of drug-likeness (QED) is 0.226. The number of hydrogen-bond acceptors (Lipinski definition) is 8. The summed E-state index contributed by atoms with van der Waals surface area (Å²) in [5.74, 6) is -1.72. The normalized spacial score (nSPS) is 16.6. The van der Waals surface area contributed by atoms with Crippen molar-refractivity contribution in [2.45, 2.75) is 12.5 Å². The number of carbonyl (C=O) groups is 2. The van der Waals surface area contributed by atoms with Crippen molar-refractivity contribution >= 4 is 37.7 Å². The first-order valence-electron chi connectivity index (χ1n) is 8.26. The van der Waals surface area contributed by atoms with E-state index in [-0.39, 0.29) is 57.1 Å². The van der Waals surface area contributed by atoms with E-state index in [0.29, 0.717) is 5.56 Å². The Kier molecular flexibility index (Phi) is 6.09. The van der Waals surface area contributed by atoms with Gasteiger partial charge in [-0.25, -0.2) is 16.9 Å². The van der Waals surface area contributed by atoms with Crippen LogP contribution in [-0.2, 0) is 31.0 Å². The minimum atomic E-state index is -5.30. The van der Waals surface area contributed by atoms with Crippen LogP contribution >= 0.6 is 0 Å². The van der Waals surface area contributed by atoms with Crippen LogP contribution in [0.4, 0.5) is 5.69 Å². The molecular weight excluding hydrogens is 445 g/mol. The molecule has 0 bridgehead atoms. The number of nitrogens with zero attached hydrogens (tertiary/aromatic N) is 1. The van der Waals surface area contributed by atoms with Gasteiger partial charge < -0.3 is 4.55 Å². The van der Waals surface area contributed by atoms with Gasteiger partial charge in [-0.05, 0) is 24.1 Å². The predicted octanol–water partition coefficient (Wildman–Crippen LogP) is -1.85. The SMILES string of the molecule is O=C1c2ccccc2C(=O)C1OS(=O)(=O)C1=CCc2ccccc2N1S(=O)(=O)[O-].[Na+]. The minimum absolute atomic E-state index is 0. The number of anilines is 1. The average Bonchev–Trinajstić information content (AvgIpc) is 2.91. The number of ketones is 2. The van der Waals surface area contributed by atoms with Crippen LogP contribution in [0.15, 0.2) is 59.6 Å². The summed E-state index contributed by atoms with van der Waals surface area (Å²) in [7, 11) is -10.3. The summed E-state index contributed by atoms with van der Waals surface area (Å²) >= 11 is 0. The molecule has 30 heavy (non-hydrogen) atoms. The summed E-state index contributed by atoms with van der Waals surface area (Å²) in [6.45, 7) is 0. The molecule has 0 spiro atoms. The van der Waals surface area contributed by atoms with Gasteiger partial charge in [-0.15, -0.1) is 0 Å². The largest absolute Gasteiger partial charge is 1.00 e. The van der Waals surface area contributed by atoms with Gasteiger partial charge in [0.2, 0.25) is 17.7 Å². The van der Waals surface area contributed by atoms with Crippen molar-refractivity contribution in [3.8, 4) is 0 Å². The molecule has 2 aromatic rings. The summed E-state index contributed by atoms with van der Waals surface area (Å²) < 4.78 is 66.0. The molecule has 1 aliphatic heterocycles. The fourth-order valence-corrected chi connectivity index (χ4v) is 5.67. The zero-order valence-electron chi connectivity index (χ0n) is 15.5. The van der Waals surface area contributed by atoms with E-state index in [1.54, 1.807) is 6.07 Å². The van der Waals surface area contributed by atoms with Crippen molar-refractivity contribution in [3.05, 3.63) is 76.3 Å². The van der Waals surface area contributed by atoms with Crippen LogP contribution in [0.2, 0.25) is 0 Å². The zero-order chi connectivity index (χ0) is 21.0. The monoisotopic (exact) mass is 457 g/mol. The molecule has 2 aliphatic rings. The van der Waals surface area contributed by atoms with Crippen LogP contribution in [0.5, 0.6) is 0 Å². The first-order valence-corrected chi connectivity index (χ1v) is 11.0. The summed E-state index contributed by atoms with van der Waals surface area (Å²) in [6, 6.07) is 11.6. The minimum Gasteiger partial charge on any atom is -0.731 e. The van der Waals surface area contributed by atoms with Crippen molar-refractivity contribution in [3.63, 3.8) is 0 Å². The van der Waals surface area contributed by atoms with Crippen molar-refractivity contribution in [2.75, 3.05) is 4.31 Å². The number of fused-ring (bicyclic) bond motifs is 2. The molecule has 0 saturated heterocycles. The maximum Gasteiger partial charge on any atom is 1.00 e. The van der Waals surface area contributed by atoms with Gasteiger partial charge in [-0.1, -0.05) is 42.5 Å². The second-order valence-corrected chi connectivity index (χ2v) is 9.04. The van der Waals surface area contributed by atoms with Crippen LogP contribution in [0.3, 0.4) is 0 Å². The van der Waals surface area contributed by atoms with Crippen LogP contribution in [0, 0.1) is 0 Å². The second kappa shape index (κ2) is 8.00. The molecule has 2 aromatic carbocycles. The molecule has 0 saturated carbocycles. The smallest absolute Gasteiger partial charge is 0.731 e. The topological polar surface area (TPSA) is 138 Å². The standard InChI is InChI=1S/C18H13NO8S2.Na/c20-16-12-6-2-3-7-13(12)17(21)18(16)27-28(22,23)15-10-9-11-5-1-4-8-14(11)19(15)29(24,25)26;/h1-8,10,18H,9H2,(H,24,25,26);/q;+1/p-1. The third kappa shape index (κ3) is 3.78. The molecule has 0 unspecified atom stereocenters. The molecule has 9 nitrogen and oxygen atoms in total. The molecule has 150 valence electrons. The van der Waals surface area contributed by atoms with Gasteiger partial charge >= 0.3 is 39.7 Å². The van der Waals surface area contributed by atoms with Gasteiger partial charge in [-0.3, -0.25) is 9.59 Å². The van der Waals surface area contributed by atoms with Gasteiger partial charge in [0.25, 0.3) is 0 Å². The fraction of sp³-hybridized carbons (Fsp3) is 0.111. The molecule has 0 N–H and O–H groups in total. The van der Waals surface area contributed by atoms with Crippen LogP contribution in [0.25, 0.3) is 0 Å². The Morgan fingerprint density at radius 2 is 1.43 bits per heavy atom. The Bertz CT molecular complexity index is 1270. The molecule has 0 fully saturated rings. The van der Waals surface area contributed by atoms with Gasteiger partial charge in [0.1, 0.15) is 0 Å². The Labute approximate surface area is 194 Å². The summed E-state index contributed by atoms with van der Waals surface area (Å²) in [5, 5.41) is -0.956. The number of para-hydroxylation sites is 1. The van der Waals surface area contributed by atoms with Gasteiger partial charge in [0, 0.05) is 11.1 Å². The van der Waals surface area contributed by atoms with E-state index >= 15 is 0 Å². The van der Waals surface area contributed by atoms with Crippen LogP contribution < -0.4 is 33.9 Å². The molecule has 0 atom stereocenters. The number of benzene rings is 2. The fourth-order valence-electron chi connectivity index (χ4n) is 3.29. The Morgan fingerprint density at radius 1 is 0.900 bits per heavy atom. The number of carbonyl (C=O) groups excluding carboxylic acids is 2. The van der Waals surface area contributed by atoms with Crippen molar-refractivity contribution in [1.29, 1.82) is 0 Å². The molecule has 1 aliphatic carbocycles. The number of allylic oxidation sites excluding steroid dienone is 1. The third-order valence-corrected chi connectivity index (χ3v) is 6.81. The van der Waals surface area contributed by atoms with Crippen molar-refractivity contribution < 1.29 is 64.7 Å². The van der Waals surface area contributed by atoms with Crippen LogP contribution in [-0.4, -0.2) is 39.1 Å². The molecule has 0 amide bonds. The molecule has 4 rings (SSSR count). The maximum atomic E-state index is 12.8. The van der Waals surface area contributed by atoms with Gasteiger partial charge in [-0.2, -0.15) is 8.42 Å². The summed E-state index contributed by atoms with van der Waals surface area (Å²) in [5.41, 5.74) is 0.286. The van der Waals surface area contributed by atoms with Crippen molar-refractivity contribution in [1.82, 2.24) is 0 Å². The molecule has 12 heteroatoms. The first kappa shape index (κ1) is 22.8. The van der Waals surface area contributed by atoms with E-state index < -0.39 is 43.1 Å². The predicted molar refractivity (Wildman–Crippen MR) is 99.3 cm³/mol. The molecule has 1 heterocycles. The van der Waals surface area contributed by atoms with E-state index in [1.165, 1.54) is 42.5 Å². The van der Waals surface area contributed by atoms with Gasteiger partial charge in [0.05, 0.1) is 5.69 Å². The number of rotatable bonds is 4. The van der Waals surface area contributed by atoms with E-state index in [0.717, 1.165) is 6.08 Å². The number of Topliss-reactive ketones (excluding diaryl/α,β-unsaturated/α-hetero) is 2. The third-order valence-electron chi connectivity index (χ3n) is 4.54. The Balaban J connectivity index is 0.00000256. The van der Waals surface area contributed by atoms with E-state index in [4.69, 9.17) is 4.18 Å². The average molecular weight is 457 g/mol. The Hall–Kier alpha value is -1.86. The second-order valence-electron chi connectivity index (χ2n) is 6.30. The Morgan fingerprint density at radius 3 is 2.00 bits per heavy atom. The van der Waals surface area contributed by atoms with Crippen LogP contribution in [0.1, 0.15) is 26.3 Å². The van der Waals surface area contributed by atoms with E-state index in [2.05, 4.69) is 0 Å². The molecule has 0 aromatic heterocycles. The van der Waals surface area contributed by atoms with Crippen molar-refractivity contribution in [2.24, 2.45) is 0 Å². The summed E-state index contributed by atoms with van der Waals surface area (Å²) in [4.78, 5) is 24.8. The van der Waals surface area contributed by atoms with Gasteiger partial charge in [0.15, 0.2) is 15.3 Å². The molecular formula is C18H12NNaO8S2. The van der Waals surface area contributed by atoms with E-state index in [9.17, 15) is 31.0 Å². The zero-order valence-corrected chi connectivity index (χ0v) is 19.1. The van der Waals surface area contributed by atoms with E-state index in [1.807, 2.05) is 0 Å². The first-order chi connectivity index (χ1) is 13.6. The number of hydrogen-bond donors (Lipinski definition) is 0. The summed E-state index contributed by atoms with van der Waals surface area (Å²) in [6.07, 6.45) is -0.983. The maximum absolute atomic E-state index is 12.8.